The molecule has 148 valence electrons. The molecule has 0 heterocycles. The van der Waals surface area contributed by atoms with Crippen LogP contribution in [0.5, 0.6) is 0 Å². The molecule has 2 aliphatic rings. The third kappa shape index (κ3) is 6.89. The van der Waals surface area contributed by atoms with Gasteiger partial charge in [0.25, 0.3) is 0 Å². The zero-order valence-corrected chi connectivity index (χ0v) is 17.7. The molecule has 0 aromatic rings. The maximum atomic E-state index is 6.32. The van der Waals surface area contributed by atoms with Crippen molar-refractivity contribution in [2.45, 2.75) is 129 Å². The van der Waals surface area contributed by atoms with Crippen LogP contribution in [0.3, 0.4) is 0 Å². The first kappa shape index (κ1) is 21.3. The van der Waals surface area contributed by atoms with Crippen LogP contribution in [0, 0.1) is 17.8 Å². The van der Waals surface area contributed by atoms with E-state index in [4.69, 9.17) is 4.74 Å². The van der Waals surface area contributed by atoms with Crippen LogP contribution >= 0.6 is 0 Å². The van der Waals surface area contributed by atoms with Crippen molar-refractivity contribution >= 4 is 0 Å². The van der Waals surface area contributed by atoms with Gasteiger partial charge in [-0.3, -0.25) is 0 Å². The molecule has 25 heavy (non-hydrogen) atoms. The van der Waals surface area contributed by atoms with Gasteiger partial charge in [-0.2, -0.15) is 0 Å². The van der Waals surface area contributed by atoms with E-state index in [1.165, 1.54) is 103 Å². The van der Waals surface area contributed by atoms with Gasteiger partial charge in [-0.1, -0.05) is 71.6 Å². The molecule has 0 amide bonds. The van der Waals surface area contributed by atoms with E-state index < -0.39 is 0 Å². The first-order chi connectivity index (χ1) is 12.2. The number of unbranched alkanes of at least 4 members (excludes halogenated alkanes) is 4. The second-order valence-electron chi connectivity index (χ2n) is 9.19. The quantitative estimate of drug-likeness (QED) is 0.344. The first-order valence-corrected chi connectivity index (χ1v) is 11.9. The summed E-state index contributed by atoms with van der Waals surface area (Å²) in [7, 11) is 0. The Kier molecular flexibility index (Phi) is 9.89. The third-order valence-electron chi connectivity index (χ3n) is 7.40. The molecule has 2 saturated carbocycles. The van der Waals surface area contributed by atoms with E-state index in [2.05, 4.69) is 20.8 Å². The molecule has 0 aromatic carbocycles. The molecule has 0 saturated heterocycles. The largest absolute Gasteiger partial charge is 0.375 e. The summed E-state index contributed by atoms with van der Waals surface area (Å²) in [6.45, 7) is 7.72. The molecule has 1 nitrogen and oxygen atoms in total. The monoisotopic (exact) mass is 350 g/mol. The van der Waals surface area contributed by atoms with Gasteiger partial charge in [0, 0.05) is 6.61 Å². The highest BCUT2D eigenvalue weighted by Crippen LogP contribution is 2.45. The third-order valence-corrected chi connectivity index (χ3v) is 7.40. The molecule has 0 radical (unpaired) electrons. The lowest BCUT2D eigenvalue weighted by Gasteiger charge is -2.44. The van der Waals surface area contributed by atoms with E-state index in [1.54, 1.807) is 0 Å². The second-order valence-corrected chi connectivity index (χ2v) is 9.19. The molecule has 2 aliphatic carbocycles. The van der Waals surface area contributed by atoms with Gasteiger partial charge in [0.2, 0.25) is 0 Å². The van der Waals surface area contributed by atoms with Gasteiger partial charge in [-0.05, 0) is 69.6 Å². The fourth-order valence-electron chi connectivity index (χ4n) is 5.74. The highest BCUT2D eigenvalue weighted by atomic mass is 16.5. The van der Waals surface area contributed by atoms with Gasteiger partial charge in [0.05, 0.1) is 5.60 Å². The smallest absolute Gasteiger partial charge is 0.0682 e. The summed E-state index contributed by atoms with van der Waals surface area (Å²) < 4.78 is 6.32. The van der Waals surface area contributed by atoms with Crippen molar-refractivity contribution in [3.63, 3.8) is 0 Å². The van der Waals surface area contributed by atoms with Crippen molar-refractivity contribution in [1.29, 1.82) is 0 Å². The summed E-state index contributed by atoms with van der Waals surface area (Å²) in [4.78, 5) is 0. The van der Waals surface area contributed by atoms with Gasteiger partial charge in [0.15, 0.2) is 0 Å². The van der Waals surface area contributed by atoms with E-state index in [9.17, 15) is 0 Å². The average Bonchev–Trinajstić information content (AvgIpc) is 2.64. The first-order valence-electron chi connectivity index (χ1n) is 11.9. The second kappa shape index (κ2) is 11.6. The van der Waals surface area contributed by atoms with Crippen molar-refractivity contribution in [2.75, 3.05) is 6.61 Å². The molecule has 2 fully saturated rings. The predicted molar refractivity (Wildman–Crippen MR) is 110 cm³/mol. The van der Waals surface area contributed by atoms with Crippen molar-refractivity contribution in [3.05, 3.63) is 0 Å². The van der Waals surface area contributed by atoms with E-state index in [0.29, 0.717) is 0 Å². The Labute approximate surface area is 158 Å². The molecule has 0 aliphatic heterocycles. The van der Waals surface area contributed by atoms with Gasteiger partial charge < -0.3 is 4.74 Å². The lowest BCUT2D eigenvalue weighted by Crippen LogP contribution is -2.39. The normalized spacial score (nSPS) is 33.5. The minimum Gasteiger partial charge on any atom is -0.375 e. The lowest BCUT2D eigenvalue weighted by molar-refractivity contribution is -0.0855. The minimum absolute atomic E-state index is 0.248. The Morgan fingerprint density at radius 1 is 0.720 bits per heavy atom. The van der Waals surface area contributed by atoms with Crippen LogP contribution in [0.4, 0.5) is 0 Å². The van der Waals surface area contributed by atoms with E-state index in [-0.39, 0.29) is 5.60 Å². The fraction of sp³-hybridized carbons (Fsp3) is 1.00. The predicted octanol–water partition coefficient (Wildman–Crippen LogP) is 7.92. The van der Waals surface area contributed by atoms with Crippen LogP contribution in [0.2, 0.25) is 0 Å². The Morgan fingerprint density at radius 3 is 1.92 bits per heavy atom. The Hall–Kier alpha value is -0.0400. The standard InChI is InChI=1S/C24H46O/c1-4-7-9-11-21-12-14-22(15-13-21)23-16-19-24(20-17-23,25-6-3)18-10-8-5-2/h21-23H,4-20H2,1-3H3. The van der Waals surface area contributed by atoms with E-state index in [1.807, 2.05) is 0 Å². The zero-order chi connectivity index (χ0) is 18.0. The summed E-state index contributed by atoms with van der Waals surface area (Å²) in [6.07, 6.45) is 22.8. The van der Waals surface area contributed by atoms with Crippen molar-refractivity contribution < 1.29 is 4.74 Å². The van der Waals surface area contributed by atoms with Crippen LogP contribution in [0.15, 0.2) is 0 Å². The average molecular weight is 351 g/mol. The topological polar surface area (TPSA) is 9.23 Å². The molecular weight excluding hydrogens is 304 g/mol. The minimum atomic E-state index is 0.248. The van der Waals surface area contributed by atoms with Crippen LogP contribution in [-0.2, 0) is 4.74 Å². The van der Waals surface area contributed by atoms with Gasteiger partial charge >= 0.3 is 0 Å². The Balaban J connectivity index is 1.72. The molecule has 0 bridgehead atoms. The van der Waals surface area contributed by atoms with E-state index in [0.717, 1.165) is 24.4 Å². The SMILES string of the molecule is CCCCCC1CCC(C2CCC(CCCCC)(OCC)CC2)CC1. The highest BCUT2D eigenvalue weighted by molar-refractivity contribution is 4.90. The summed E-state index contributed by atoms with van der Waals surface area (Å²) in [5.74, 6) is 3.11. The van der Waals surface area contributed by atoms with Crippen molar-refractivity contribution in [2.24, 2.45) is 17.8 Å². The molecule has 1 heteroatoms. The Bertz CT molecular complexity index is 321. The molecule has 0 N–H and O–H groups in total. The number of ether oxygens (including phenoxy) is 1. The fourth-order valence-corrected chi connectivity index (χ4v) is 5.74. The maximum Gasteiger partial charge on any atom is 0.0682 e. The Morgan fingerprint density at radius 2 is 1.32 bits per heavy atom. The summed E-state index contributed by atoms with van der Waals surface area (Å²) in [5.41, 5.74) is 0.248. The number of hydrogen-bond donors (Lipinski definition) is 0. The molecule has 0 spiro atoms. The molecular formula is C24H46O. The van der Waals surface area contributed by atoms with E-state index >= 15 is 0 Å². The molecule has 0 atom stereocenters. The maximum absolute atomic E-state index is 6.32. The van der Waals surface area contributed by atoms with Crippen LogP contribution < -0.4 is 0 Å². The number of hydrogen-bond acceptors (Lipinski definition) is 1. The van der Waals surface area contributed by atoms with Gasteiger partial charge in [-0.25, -0.2) is 0 Å². The number of rotatable bonds is 11. The highest BCUT2D eigenvalue weighted by Gasteiger charge is 2.38. The van der Waals surface area contributed by atoms with Crippen molar-refractivity contribution in [1.82, 2.24) is 0 Å². The molecule has 0 unspecified atom stereocenters. The lowest BCUT2D eigenvalue weighted by atomic mass is 9.67. The van der Waals surface area contributed by atoms with Crippen LogP contribution in [0.1, 0.15) is 124 Å². The van der Waals surface area contributed by atoms with Crippen LogP contribution in [0.25, 0.3) is 0 Å². The zero-order valence-electron chi connectivity index (χ0n) is 17.7. The van der Waals surface area contributed by atoms with Crippen molar-refractivity contribution in [3.8, 4) is 0 Å². The van der Waals surface area contributed by atoms with Gasteiger partial charge in [0.1, 0.15) is 0 Å². The summed E-state index contributed by atoms with van der Waals surface area (Å²) in [5, 5.41) is 0. The van der Waals surface area contributed by atoms with Gasteiger partial charge in [-0.15, -0.1) is 0 Å². The molecule has 0 aromatic heterocycles. The van der Waals surface area contributed by atoms with Crippen LogP contribution in [-0.4, -0.2) is 12.2 Å². The molecule has 2 rings (SSSR count). The summed E-state index contributed by atoms with van der Waals surface area (Å²) >= 11 is 0. The summed E-state index contributed by atoms with van der Waals surface area (Å²) in [6, 6.07) is 0.